The summed E-state index contributed by atoms with van der Waals surface area (Å²) in [6, 6.07) is 3.69. The summed E-state index contributed by atoms with van der Waals surface area (Å²) in [6.07, 6.45) is -0.613. The summed E-state index contributed by atoms with van der Waals surface area (Å²) >= 11 is 3.40. The molecule has 64 valence electrons. The van der Waals surface area contributed by atoms with Crippen LogP contribution in [0.5, 0.6) is 0 Å². The zero-order chi connectivity index (χ0) is 8.72. The van der Waals surface area contributed by atoms with Gasteiger partial charge in [0, 0.05) is 22.3 Å². The molecular weight excluding hydrogens is 220 g/mol. The molecule has 0 bridgehead atoms. The Balaban J connectivity index is 2.64. The number of hydrogen-bond acceptors (Lipinski definition) is 3. The molecule has 0 spiro atoms. The van der Waals surface area contributed by atoms with E-state index < -0.39 is 6.23 Å². The summed E-state index contributed by atoms with van der Waals surface area (Å²) in [6.45, 7) is 0.669. The summed E-state index contributed by atoms with van der Waals surface area (Å²) < 4.78 is 0.996. The minimum absolute atomic E-state index is 0.613. The number of rotatable bonds is 0. The summed E-state index contributed by atoms with van der Waals surface area (Å²) in [5.41, 5.74) is 8.22. The van der Waals surface area contributed by atoms with Crippen LogP contribution in [0, 0.1) is 0 Å². The van der Waals surface area contributed by atoms with Crippen molar-refractivity contribution in [1.82, 2.24) is 5.32 Å². The fourth-order valence-corrected chi connectivity index (χ4v) is 1.95. The van der Waals surface area contributed by atoms with Crippen LogP contribution < -0.4 is 11.1 Å². The van der Waals surface area contributed by atoms with Crippen LogP contribution in [-0.4, -0.2) is 5.11 Å². The van der Waals surface area contributed by atoms with Gasteiger partial charge in [-0.3, -0.25) is 5.32 Å². The van der Waals surface area contributed by atoms with Crippen molar-refractivity contribution in [3.8, 4) is 0 Å². The molecule has 0 saturated carbocycles. The van der Waals surface area contributed by atoms with Gasteiger partial charge < -0.3 is 10.8 Å². The summed E-state index contributed by atoms with van der Waals surface area (Å²) in [5.74, 6) is 0. The highest BCUT2D eigenvalue weighted by Gasteiger charge is 2.23. The third-order valence-electron chi connectivity index (χ3n) is 2.08. The highest BCUT2D eigenvalue weighted by molar-refractivity contribution is 9.10. The smallest absolute Gasteiger partial charge is 0.133 e. The molecule has 0 aliphatic carbocycles. The molecule has 1 unspecified atom stereocenters. The molecule has 1 aromatic carbocycles. The molecule has 1 aliphatic heterocycles. The molecule has 0 saturated heterocycles. The standard InChI is InChI=1S/C8H9BrN2O/c9-5-1-2-6(10)7-4(5)3-11-8(7)12/h1-2,8,11-12H,3,10H2. The SMILES string of the molecule is Nc1ccc(Br)c2c1C(O)NC2. The van der Waals surface area contributed by atoms with Gasteiger partial charge in [0.1, 0.15) is 6.23 Å². The number of fused-ring (bicyclic) bond motifs is 1. The third-order valence-corrected chi connectivity index (χ3v) is 2.82. The lowest BCUT2D eigenvalue weighted by molar-refractivity contribution is 0.152. The maximum atomic E-state index is 9.47. The second-order valence-electron chi connectivity index (χ2n) is 2.81. The Morgan fingerprint density at radius 2 is 2.33 bits per heavy atom. The second-order valence-corrected chi connectivity index (χ2v) is 3.67. The van der Waals surface area contributed by atoms with E-state index in [4.69, 9.17) is 5.73 Å². The van der Waals surface area contributed by atoms with Crippen molar-refractivity contribution in [2.24, 2.45) is 0 Å². The van der Waals surface area contributed by atoms with Gasteiger partial charge in [-0.05, 0) is 17.7 Å². The number of nitrogens with two attached hydrogens (primary N) is 1. The van der Waals surface area contributed by atoms with Gasteiger partial charge in [-0.2, -0.15) is 0 Å². The maximum Gasteiger partial charge on any atom is 0.133 e. The quantitative estimate of drug-likeness (QED) is 0.584. The van der Waals surface area contributed by atoms with Crippen molar-refractivity contribution < 1.29 is 5.11 Å². The minimum atomic E-state index is -0.613. The molecule has 1 heterocycles. The first-order valence-electron chi connectivity index (χ1n) is 3.68. The highest BCUT2D eigenvalue weighted by atomic mass is 79.9. The van der Waals surface area contributed by atoms with E-state index in [0.717, 1.165) is 15.6 Å². The zero-order valence-electron chi connectivity index (χ0n) is 6.34. The molecular formula is C8H9BrN2O. The van der Waals surface area contributed by atoms with Crippen LogP contribution in [0.1, 0.15) is 17.4 Å². The maximum absolute atomic E-state index is 9.47. The lowest BCUT2D eigenvalue weighted by atomic mass is 10.1. The lowest BCUT2D eigenvalue weighted by Gasteiger charge is -2.07. The van der Waals surface area contributed by atoms with Crippen molar-refractivity contribution in [3.63, 3.8) is 0 Å². The zero-order valence-corrected chi connectivity index (χ0v) is 7.93. The predicted molar refractivity (Wildman–Crippen MR) is 50.4 cm³/mol. The fourth-order valence-electron chi connectivity index (χ4n) is 1.46. The van der Waals surface area contributed by atoms with Crippen molar-refractivity contribution in [3.05, 3.63) is 27.7 Å². The number of hydrogen-bond donors (Lipinski definition) is 3. The van der Waals surface area contributed by atoms with Gasteiger partial charge in [-0.15, -0.1) is 0 Å². The van der Waals surface area contributed by atoms with E-state index in [2.05, 4.69) is 21.2 Å². The summed E-state index contributed by atoms with van der Waals surface area (Å²) in [4.78, 5) is 0. The van der Waals surface area contributed by atoms with Gasteiger partial charge >= 0.3 is 0 Å². The van der Waals surface area contributed by atoms with Crippen molar-refractivity contribution >= 4 is 21.6 Å². The van der Waals surface area contributed by atoms with Gasteiger partial charge in [0.2, 0.25) is 0 Å². The molecule has 0 radical (unpaired) electrons. The Kier molecular flexibility index (Phi) is 1.83. The Morgan fingerprint density at radius 3 is 3.00 bits per heavy atom. The predicted octanol–water partition coefficient (Wildman–Crippen LogP) is 1.13. The minimum Gasteiger partial charge on any atom is -0.398 e. The number of halogens is 1. The molecule has 0 amide bonds. The van der Waals surface area contributed by atoms with E-state index in [1.165, 1.54) is 0 Å². The Bertz CT molecular complexity index is 327. The fraction of sp³-hybridized carbons (Fsp3) is 0.250. The number of nitrogen functional groups attached to an aromatic ring is 1. The second kappa shape index (κ2) is 2.73. The lowest BCUT2D eigenvalue weighted by Crippen LogP contribution is -2.11. The van der Waals surface area contributed by atoms with Crippen molar-refractivity contribution in [1.29, 1.82) is 0 Å². The van der Waals surface area contributed by atoms with E-state index in [1.54, 1.807) is 6.07 Å². The van der Waals surface area contributed by atoms with Gasteiger partial charge in [-0.25, -0.2) is 0 Å². The molecule has 0 fully saturated rings. The Morgan fingerprint density at radius 1 is 1.58 bits per heavy atom. The molecule has 1 aromatic rings. The Hall–Kier alpha value is -0.580. The first-order valence-corrected chi connectivity index (χ1v) is 4.47. The van der Waals surface area contributed by atoms with Crippen LogP contribution in [0.15, 0.2) is 16.6 Å². The molecule has 0 aromatic heterocycles. The van der Waals surface area contributed by atoms with Gasteiger partial charge in [0.15, 0.2) is 0 Å². The van der Waals surface area contributed by atoms with Crippen LogP contribution in [0.4, 0.5) is 5.69 Å². The van der Waals surface area contributed by atoms with Crippen LogP contribution in [0.3, 0.4) is 0 Å². The van der Waals surface area contributed by atoms with E-state index in [-0.39, 0.29) is 0 Å². The average Bonchev–Trinajstić information content (AvgIpc) is 2.42. The van der Waals surface area contributed by atoms with Crippen LogP contribution >= 0.6 is 15.9 Å². The third kappa shape index (κ3) is 1.03. The van der Waals surface area contributed by atoms with E-state index in [9.17, 15) is 5.11 Å². The van der Waals surface area contributed by atoms with Crippen molar-refractivity contribution in [2.45, 2.75) is 12.8 Å². The normalized spacial score (nSPS) is 21.0. The van der Waals surface area contributed by atoms with E-state index >= 15 is 0 Å². The molecule has 12 heavy (non-hydrogen) atoms. The highest BCUT2D eigenvalue weighted by Crippen LogP contribution is 2.33. The molecule has 1 aliphatic rings. The molecule has 2 rings (SSSR count). The summed E-state index contributed by atoms with van der Waals surface area (Å²) in [5, 5.41) is 12.4. The molecule has 1 atom stereocenters. The number of aliphatic hydroxyl groups excluding tert-OH is 1. The van der Waals surface area contributed by atoms with Crippen LogP contribution in [0.25, 0.3) is 0 Å². The number of aliphatic hydroxyl groups is 1. The van der Waals surface area contributed by atoms with Gasteiger partial charge in [0.25, 0.3) is 0 Å². The van der Waals surface area contributed by atoms with Gasteiger partial charge in [0.05, 0.1) is 0 Å². The first kappa shape index (κ1) is 8.04. The average molecular weight is 229 g/mol. The van der Waals surface area contributed by atoms with E-state index in [1.807, 2.05) is 6.07 Å². The number of nitrogens with one attached hydrogen (secondary N) is 1. The van der Waals surface area contributed by atoms with Crippen molar-refractivity contribution in [2.75, 3.05) is 5.73 Å². The first-order chi connectivity index (χ1) is 5.70. The van der Waals surface area contributed by atoms with E-state index in [0.29, 0.717) is 12.2 Å². The van der Waals surface area contributed by atoms with Gasteiger partial charge in [-0.1, -0.05) is 15.9 Å². The topological polar surface area (TPSA) is 58.3 Å². The molecule has 4 heteroatoms. The summed E-state index contributed by atoms with van der Waals surface area (Å²) in [7, 11) is 0. The van der Waals surface area contributed by atoms with Crippen LogP contribution in [-0.2, 0) is 6.54 Å². The molecule has 4 N–H and O–H groups in total. The molecule has 3 nitrogen and oxygen atoms in total. The number of anilines is 1. The monoisotopic (exact) mass is 228 g/mol. The van der Waals surface area contributed by atoms with Crippen LogP contribution in [0.2, 0.25) is 0 Å². The largest absolute Gasteiger partial charge is 0.398 e. The number of benzene rings is 1. The Labute approximate surface area is 78.7 Å².